The van der Waals surface area contributed by atoms with Crippen LogP contribution in [-0.4, -0.2) is 12.2 Å². The molecule has 0 radical (unpaired) electrons. The summed E-state index contributed by atoms with van der Waals surface area (Å²) in [6.45, 7) is 30.9. The molecule has 6 saturated carbocycles. The van der Waals surface area contributed by atoms with E-state index in [0.29, 0.717) is 33.9 Å². The molecule has 6 fully saturated rings. The number of rotatable bonds is 12. The van der Waals surface area contributed by atoms with E-state index in [9.17, 15) is 0 Å². The highest BCUT2D eigenvalue weighted by Gasteiger charge is 2.61. The van der Waals surface area contributed by atoms with Gasteiger partial charge in [-0.1, -0.05) is 132 Å². The Bertz CT molecular complexity index is 1360. The van der Waals surface area contributed by atoms with Crippen LogP contribution in [0.1, 0.15) is 212 Å². The molecule has 0 amide bonds. The monoisotopic (exact) mass is 783 g/mol. The fourth-order valence-electron chi connectivity index (χ4n) is 17.8. The van der Waals surface area contributed by atoms with Gasteiger partial charge in [-0.15, -0.1) is 0 Å². The maximum atomic E-state index is 7.27. The van der Waals surface area contributed by atoms with Gasteiger partial charge in [-0.05, 0) is 207 Å². The van der Waals surface area contributed by atoms with Gasteiger partial charge in [0.1, 0.15) is 0 Å². The molecule has 0 N–H and O–H groups in total. The van der Waals surface area contributed by atoms with E-state index in [1.54, 1.807) is 0 Å². The quantitative estimate of drug-likeness (QED) is 0.179. The largest absolute Gasteiger partial charge is 0.374 e. The van der Waals surface area contributed by atoms with E-state index in [-0.39, 0.29) is 0 Å². The Morgan fingerprint density at radius 3 is 1.28 bits per heavy atom. The summed E-state index contributed by atoms with van der Waals surface area (Å²) in [7, 11) is 0. The summed E-state index contributed by atoms with van der Waals surface area (Å²) >= 11 is 0. The van der Waals surface area contributed by atoms with Crippen molar-refractivity contribution in [1.82, 2.24) is 0 Å². The van der Waals surface area contributed by atoms with Gasteiger partial charge < -0.3 is 4.74 Å². The minimum absolute atomic E-state index is 0.422. The lowest BCUT2D eigenvalue weighted by molar-refractivity contribution is -0.0928. The summed E-state index contributed by atoms with van der Waals surface area (Å²) in [5.74, 6) is 12.6. The lowest BCUT2D eigenvalue weighted by Gasteiger charge is -2.59. The maximum Gasteiger partial charge on any atom is 0.0616 e. The van der Waals surface area contributed by atoms with E-state index in [2.05, 4.69) is 95.2 Å². The summed E-state index contributed by atoms with van der Waals surface area (Å²) < 4.78 is 7.27. The SMILES string of the molecule is CC(C)C(C)CC[C@@H](C)[C@H]1CC[C@H]2[C@@H]3CC=C4CC(OC5CC[C@@]6(C)C(=CC[C@H]7[C@@H]8CC[C@H]([C@H](C)CCC(C)C(C)C)[C@@]8(C)CC[C@@H]76)C5)CC[C@]4(C)[C@H]3CC[C@]12C. The molecule has 0 aromatic carbocycles. The molecule has 8 aliphatic rings. The average Bonchev–Trinajstić information content (AvgIpc) is 3.72. The van der Waals surface area contributed by atoms with Gasteiger partial charge in [0.05, 0.1) is 12.2 Å². The minimum atomic E-state index is 0.422. The van der Waals surface area contributed by atoms with Gasteiger partial charge in [0.15, 0.2) is 0 Å². The molecule has 0 spiro atoms. The summed E-state index contributed by atoms with van der Waals surface area (Å²) in [6, 6.07) is 0. The van der Waals surface area contributed by atoms with Gasteiger partial charge in [0.25, 0.3) is 0 Å². The van der Waals surface area contributed by atoms with Crippen molar-refractivity contribution in [3.8, 4) is 0 Å². The Kier molecular flexibility index (Phi) is 12.3. The van der Waals surface area contributed by atoms with Crippen LogP contribution in [0.3, 0.4) is 0 Å². The molecule has 4 unspecified atom stereocenters. The molecule has 0 aliphatic heterocycles. The maximum absolute atomic E-state index is 7.27. The molecule has 18 atom stereocenters. The molecule has 1 nitrogen and oxygen atoms in total. The van der Waals surface area contributed by atoms with E-state index in [1.807, 2.05) is 11.1 Å². The fourth-order valence-corrected chi connectivity index (χ4v) is 17.8. The number of allylic oxidation sites excluding steroid dienone is 2. The third-order valence-electron chi connectivity index (χ3n) is 22.5. The van der Waals surface area contributed by atoms with Crippen LogP contribution in [0.15, 0.2) is 23.3 Å². The smallest absolute Gasteiger partial charge is 0.0616 e. The second kappa shape index (κ2) is 16.3. The Balaban J connectivity index is 0.869. The van der Waals surface area contributed by atoms with Crippen LogP contribution in [0.4, 0.5) is 0 Å². The minimum Gasteiger partial charge on any atom is -0.374 e. The highest BCUT2D eigenvalue weighted by Crippen LogP contribution is 2.69. The average molecular weight is 783 g/mol. The van der Waals surface area contributed by atoms with Gasteiger partial charge in [0.2, 0.25) is 0 Å². The molecule has 0 aromatic rings. The molecule has 324 valence electrons. The first-order valence-electron chi connectivity index (χ1n) is 26.0. The van der Waals surface area contributed by atoms with E-state index in [4.69, 9.17) is 4.74 Å². The first kappa shape index (κ1) is 43.1. The molecule has 8 rings (SSSR count). The zero-order valence-corrected chi connectivity index (χ0v) is 39.9. The molecule has 8 aliphatic carbocycles. The second-order valence-corrected chi connectivity index (χ2v) is 25.4. The van der Waals surface area contributed by atoms with E-state index < -0.39 is 0 Å². The summed E-state index contributed by atoms with van der Waals surface area (Å²) in [5.41, 5.74) is 5.64. The molecule has 57 heavy (non-hydrogen) atoms. The van der Waals surface area contributed by atoms with Crippen molar-refractivity contribution in [3.63, 3.8) is 0 Å². The van der Waals surface area contributed by atoms with Crippen molar-refractivity contribution in [2.24, 2.45) is 105 Å². The van der Waals surface area contributed by atoms with Gasteiger partial charge in [-0.3, -0.25) is 0 Å². The molecule has 0 saturated heterocycles. The predicted octanol–water partition coefficient (Wildman–Crippen LogP) is 16.3. The van der Waals surface area contributed by atoms with Crippen LogP contribution in [0.2, 0.25) is 0 Å². The zero-order chi connectivity index (χ0) is 40.7. The van der Waals surface area contributed by atoms with Gasteiger partial charge in [-0.25, -0.2) is 0 Å². The molecule has 0 heterocycles. The molecular weight excluding hydrogens is 689 g/mol. The predicted molar refractivity (Wildman–Crippen MR) is 244 cm³/mol. The van der Waals surface area contributed by atoms with Crippen LogP contribution >= 0.6 is 0 Å². The van der Waals surface area contributed by atoms with Gasteiger partial charge >= 0.3 is 0 Å². The number of hydrogen-bond acceptors (Lipinski definition) is 1. The van der Waals surface area contributed by atoms with Crippen molar-refractivity contribution in [2.75, 3.05) is 0 Å². The van der Waals surface area contributed by atoms with Crippen LogP contribution in [-0.2, 0) is 4.74 Å². The third-order valence-corrected chi connectivity index (χ3v) is 22.5. The van der Waals surface area contributed by atoms with Crippen molar-refractivity contribution in [1.29, 1.82) is 0 Å². The Morgan fingerprint density at radius 1 is 0.491 bits per heavy atom. The van der Waals surface area contributed by atoms with Gasteiger partial charge in [-0.2, -0.15) is 0 Å². The molecule has 0 bridgehead atoms. The summed E-state index contributed by atoms with van der Waals surface area (Å²) in [6.07, 6.45) is 34.7. The van der Waals surface area contributed by atoms with Crippen molar-refractivity contribution in [2.45, 2.75) is 224 Å². The van der Waals surface area contributed by atoms with Crippen molar-refractivity contribution in [3.05, 3.63) is 23.3 Å². The Labute approximate surface area is 354 Å². The van der Waals surface area contributed by atoms with Crippen molar-refractivity contribution >= 4 is 0 Å². The zero-order valence-electron chi connectivity index (χ0n) is 39.9. The number of ether oxygens (including phenoxy) is 1. The molecular formula is C56H94O. The number of hydrogen-bond donors (Lipinski definition) is 0. The highest BCUT2D eigenvalue weighted by atomic mass is 16.5. The third kappa shape index (κ3) is 7.48. The normalized spacial score (nSPS) is 47.4. The Morgan fingerprint density at radius 2 is 0.895 bits per heavy atom. The topological polar surface area (TPSA) is 9.23 Å². The lowest BCUT2D eigenvalue weighted by Crippen LogP contribution is -2.52. The number of fused-ring (bicyclic) bond motifs is 10. The summed E-state index contributed by atoms with van der Waals surface area (Å²) in [4.78, 5) is 0. The standard InChI is InChI=1S/C56H94O/c1-35(2)37(5)13-15-39(7)47-21-23-49-45-19-17-41-33-43(25-29-53(41,9)51(45)27-31-55(47,49)11)57-44-26-30-54(10)42(34-44)18-20-46-50-24-22-48(56(50,12)32-28-52(46)54)40(8)16-14-38(6)36(3)4/h17-18,35-40,43-52H,13-16,19-34H2,1-12H3/t37?,38?,39-,40-,43?,44?,45+,46+,47-,48-,49+,50+,51+,52+,53+,54+,55-,56-/m1/s1. The van der Waals surface area contributed by atoms with Crippen LogP contribution in [0.25, 0.3) is 0 Å². The Hall–Kier alpha value is -0.560. The first-order chi connectivity index (χ1) is 27.0. The highest BCUT2D eigenvalue weighted by molar-refractivity contribution is 5.27. The van der Waals surface area contributed by atoms with Gasteiger partial charge in [0, 0.05) is 0 Å². The van der Waals surface area contributed by atoms with E-state index in [1.165, 1.54) is 128 Å². The van der Waals surface area contributed by atoms with Crippen LogP contribution in [0, 0.1) is 105 Å². The molecule has 1 heteroatoms. The summed E-state index contributed by atoms with van der Waals surface area (Å²) in [5, 5.41) is 0. The van der Waals surface area contributed by atoms with Crippen LogP contribution in [0.5, 0.6) is 0 Å². The fraction of sp³-hybridized carbons (Fsp3) is 0.929. The van der Waals surface area contributed by atoms with E-state index in [0.717, 1.165) is 82.9 Å². The van der Waals surface area contributed by atoms with E-state index >= 15 is 0 Å². The van der Waals surface area contributed by atoms with Crippen molar-refractivity contribution < 1.29 is 4.74 Å². The lowest BCUT2D eigenvalue weighted by atomic mass is 9.46. The first-order valence-corrected chi connectivity index (χ1v) is 26.0. The second-order valence-electron chi connectivity index (χ2n) is 25.4. The molecule has 0 aromatic heterocycles. The van der Waals surface area contributed by atoms with Crippen LogP contribution < -0.4 is 0 Å².